The molecule has 0 unspecified atom stereocenters. The van der Waals surface area contributed by atoms with E-state index in [9.17, 15) is 18.5 Å². The molecule has 3 N–H and O–H groups in total. The summed E-state index contributed by atoms with van der Waals surface area (Å²) in [7, 11) is -3.84. The highest BCUT2D eigenvalue weighted by Crippen LogP contribution is 2.29. The molecule has 0 aliphatic carbocycles. The average molecular weight is 419 g/mol. The first-order chi connectivity index (χ1) is 13.8. The van der Waals surface area contributed by atoms with Gasteiger partial charge in [0.2, 0.25) is 10.0 Å². The number of nitro benzene ring substituents is 1. The van der Waals surface area contributed by atoms with Gasteiger partial charge in [-0.3, -0.25) is 15.5 Å². The Bertz CT molecular complexity index is 1050. The van der Waals surface area contributed by atoms with Gasteiger partial charge in [-0.2, -0.15) is 9.41 Å². The molecule has 0 amide bonds. The minimum Gasteiger partial charge on any atom is -0.399 e. The van der Waals surface area contributed by atoms with Crippen LogP contribution in [-0.2, 0) is 14.8 Å². The lowest BCUT2D eigenvalue weighted by atomic mass is 10.1. The minimum absolute atomic E-state index is 0.0826. The van der Waals surface area contributed by atoms with E-state index in [1.165, 1.54) is 16.4 Å². The Morgan fingerprint density at radius 2 is 1.97 bits per heavy atom. The van der Waals surface area contributed by atoms with Crippen LogP contribution in [-0.4, -0.2) is 49.7 Å². The van der Waals surface area contributed by atoms with Crippen LogP contribution in [0.25, 0.3) is 0 Å². The van der Waals surface area contributed by atoms with Gasteiger partial charge in [0.1, 0.15) is 5.69 Å². The number of nitrogens with one attached hydrogen (secondary N) is 1. The number of hydrogen-bond donors (Lipinski definition) is 2. The quantitative estimate of drug-likeness (QED) is 0.316. The molecule has 0 spiro atoms. The zero-order chi connectivity index (χ0) is 21.0. The van der Waals surface area contributed by atoms with Crippen molar-refractivity contribution in [3.63, 3.8) is 0 Å². The molecule has 2 aromatic carbocycles. The van der Waals surface area contributed by atoms with Crippen LogP contribution in [0.5, 0.6) is 0 Å². The van der Waals surface area contributed by atoms with Crippen LogP contribution in [0.1, 0.15) is 12.5 Å². The van der Waals surface area contributed by atoms with Crippen LogP contribution in [0, 0.1) is 10.1 Å². The Morgan fingerprint density at radius 1 is 1.24 bits per heavy atom. The van der Waals surface area contributed by atoms with Gasteiger partial charge >= 0.3 is 0 Å². The van der Waals surface area contributed by atoms with Gasteiger partial charge in [0.05, 0.1) is 28.7 Å². The van der Waals surface area contributed by atoms with Crippen molar-refractivity contribution < 1.29 is 18.1 Å². The molecule has 1 fully saturated rings. The van der Waals surface area contributed by atoms with E-state index in [4.69, 9.17) is 10.5 Å². The van der Waals surface area contributed by atoms with Crippen molar-refractivity contribution in [2.24, 2.45) is 5.10 Å². The lowest BCUT2D eigenvalue weighted by molar-refractivity contribution is -0.384. The van der Waals surface area contributed by atoms with Gasteiger partial charge in [-0.25, -0.2) is 8.42 Å². The summed E-state index contributed by atoms with van der Waals surface area (Å²) in [6.07, 6.45) is 0. The Labute approximate surface area is 168 Å². The number of nitrogens with two attached hydrogens (primary N) is 1. The number of benzene rings is 2. The third kappa shape index (κ3) is 4.70. The van der Waals surface area contributed by atoms with Crippen molar-refractivity contribution >= 4 is 32.8 Å². The molecule has 0 saturated carbocycles. The van der Waals surface area contributed by atoms with E-state index in [0.717, 1.165) is 11.6 Å². The summed E-state index contributed by atoms with van der Waals surface area (Å²) in [5, 5.41) is 15.7. The summed E-state index contributed by atoms with van der Waals surface area (Å²) in [5.74, 6) is 0. The number of rotatable bonds is 6. The third-order valence-electron chi connectivity index (χ3n) is 4.42. The summed E-state index contributed by atoms with van der Waals surface area (Å²) >= 11 is 0. The van der Waals surface area contributed by atoms with Crippen molar-refractivity contribution in [3.05, 3.63) is 58.1 Å². The van der Waals surface area contributed by atoms with Crippen LogP contribution in [0.15, 0.2) is 52.5 Å². The van der Waals surface area contributed by atoms with Gasteiger partial charge in [0.15, 0.2) is 0 Å². The minimum atomic E-state index is -3.84. The van der Waals surface area contributed by atoms with Gasteiger partial charge in [0, 0.05) is 24.8 Å². The smallest absolute Gasteiger partial charge is 0.295 e. The second-order valence-electron chi connectivity index (χ2n) is 6.39. The fraction of sp³-hybridized carbons (Fsp3) is 0.278. The number of anilines is 2. The summed E-state index contributed by atoms with van der Waals surface area (Å²) in [5.41, 5.74) is 9.99. The van der Waals surface area contributed by atoms with Crippen molar-refractivity contribution in [2.45, 2.75) is 11.8 Å². The van der Waals surface area contributed by atoms with Gasteiger partial charge < -0.3 is 10.5 Å². The molecule has 2 aromatic rings. The van der Waals surface area contributed by atoms with Gasteiger partial charge in [-0.15, -0.1) is 0 Å². The molecule has 0 atom stereocenters. The number of nitro groups is 1. The first-order valence-electron chi connectivity index (χ1n) is 8.81. The topological polar surface area (TPSA) is 140 Å². The maximum atomic E-state index is 12.7. The van der Waals surface area contributed by atoms with Crippen LogP contribution in [0.2, 0.25) is 0 Å². The normalized spacial score (nSPS) is 15.8. The van der Waals surface area contributed by atoms with Crippen molar-refractivity contribution in [3.8, 4) is 0 Å². The maximum Gasteiger partial charge on any atom is 0.295 e. The van der Waals surface area contributed by atoms with Crippen molar-refractivity contribution in [1.82, 2.24) is 4.31 Å². The van der Waals surface area contributed by atoms with Crippen LogP contribution in [0.3, 0.4) is 0 Å². The number of hydrogen-bond acceptors (Lipinski definition) is 8. The fourth-order valence-corrected chi connectivity index (χ4v) is 4.25. The van der Waals surface area contributed by atoms with E-state index >= 15 is 0 Å². The standard InChI is InChI=1S/C18H21N5O5S/c1-13(14-3-2-4-15(19)11-14)20-21-17-6-5-16(12-18(17)23(24)25)29(26,27)22-7-9-28-10-8-22/h2-6,11-12,21H,7-10,19H2,1H3/b20-13+. The largest absolute Gasteiger partial charge is 0.399 e. The number of nitrogens with zero attached hydrogens (tertiary/aromatic N) is 3. The fourth-order valence-electron chi connectivity index (χ4n) is 2.83. The summed E-state index contributed by atoms with van der Waals surface area (Å²) in [4.78, 5) is 10.7. The molecule has 1 aliphatic heterocycles. The van der Waals surface area contributed by atoms with E-state index < -0.39 is 14.9 Å². The Hall–Kier alpha value is -3.02. The van der Waals surface area contributed by atoms with Crippen LogP contribution < -0.4 is 11.2 Å². The van der Waals surface area contributed by atoms with Crippen molar-refractivity contribution in [1.29, 1.82) is 0 Å². The molecule has 3 rings (SSSR count). The maximum absolute atomic E-state index is 12.7. The first-order valence-corrected chi connectivity index (χ1v) is 10.3. The highest BCUT2D eigenvalue weighted by atomic mass is 32.2. The molecule has 1 saturated heterocycles. The Morgan fingerprint density at radius 3 is 2.62 bits per heavy atom. The summed E-state index contributed by atoms with van der Waals surface area (Å²) in [6.45, 7) is 2.72. The lowest BCUT2D eigenvalue weighted by Crippen LogP contribution is -2.40. The van der Waals surface area contributed by atoms with Gasteiger partial charge in [-0.1, -0.05) is 12.1 Å². The number of hydrazone groups is 1. The van der Waals surface area contributed by atoms with Gasteiger partial charge in [0.25, 0.3) is 5.69 Å². The second kappa shape index (κ2) is 8.55. The van der Waals surface area contributed by atoms with E-state index in [-0.39, 0.29) is 29.4 Å². The van der Waals surface area contributed by atoms with E-state index in [2.05, 4.69) is 10.5 Å². The summed E-state index contributed by atoms with van der Waals surface area (Å²) < 4.78 is 31.9. The SMILES string of the molecule is C/C(=N\Nc1ccc(S(=O)(=O)N2CCOCC2)cc1[N+](=O)[O-])c1cccc(N)c1. The highest BCUT2D eigenvalue weighted by molar-refractivity contribution is 7.89. The number of morpholine rings is 1. The number of sulfonamides is 1. The van der Waals surface area contributed by atoms with Crippen molar-refractivity contribution in [2.75, 3.05) is 37.5 Å². The molecule has 154 valence electrons. The number of ether oxygens (including phenoxy) is 1. The van der Waals surface area contributed by atoms with Crippen LogP contribution in [0.4, 0.5) is 17.1 Å². The lowest BCUT2D eigenvalue weighted by Gasteiger charge is -2.26. The zero-order valence-corrected chi connectivity index (χ0v) is 16.6. The monoisotopic (exact) mass is 419 g/mol. The number of nitrogen functional groups attached to an aromatic ring is 1. The molecule has 0 bridgehead atoms. The molecular formula is C18H21N5O5S. The highest BCUT2D eigenvalue weighted by Gasteiger charge is 2.28. The molecule has 29 heavy (non-hydrogen) atoms. The molecular weight excluding hydrogens is 398 g/mol. The Balaban J connectivity index is 1.88. The Kier molecular flexibility index (Phi) is 6.11. The predicted octanol–water partition coefficient (Wildman–Crippen LogP) is 2.03. The second-order valence-corrected chi connectivity index (χ2v) is 8.32. The van der Waals surface area contributed by atoms with E-state index in [1.54, 1.807) is 25.1 Å². The molecule has 0 aromatic heterocycles. The molecule has 1 aliphatic rings. The van der Waals surface area contributed by atoms with E-state index in [0.29, 0.717) is 24.6 Å². The van der Waals surface area contributed by atoms with E-state index in [1.807, 2.05) is 6.07 Å². The summed E-state index contributed by atoms with van der Waals surface area (Å²) in [6, 6.07) is 10.8. The average Bonchev–Trinajstić information content (AvgIpc) is 2.72. The predicted molar refractivity (Wildman–Crippen MR) is 109 cm³/mol. The third-order valence-corrected chi connectivity index (χ3v) is 6.32. The zero-order valence-electron chi connectivity index (χ0n) is 15.7. The molecule has 1 heterocycles. The molecule has 10 nitrogen and oxygen atoms in total. The van der Waals surface area contributed by atoms with Crippen LogP contribution >= 0.6 is 0 Å². The first kappa shape index (κ1) is 20.7. The molecule has 11 heteroatoms. The molecule has 0 radical (unpaired) electrons. The van der Waals surface area contributed by atoms with Gasteiger partial charge in [-0.05, 0) is 36.8 Å².